The van der Waals surface area contributed by atoms with Gasteiger partial charge < -0.3 is 10.5 Å². The van der Waals surface area contributed by atoms with Crippen molar-refractivity contribution in [3.05, 3.63) is 28.8 Å². The summed E-state index contributed by atoms with van der Waals surface area (Å²) in [4.78, 5) is 2.35. The van der Waals surface area contributed by atoms with E-state index in [1.54, 1.807) is 0 Å². The van der Waals surface area contributed by atoms with Crippen molar-refractivity contribution in [3.63, 3.8) is 0 Å². The molecule has 1 fully saturated rings. The first kappa shape index (κ1) is 12.7. The first-order chi connectivity index (χ1) is 8.19. The molecule has 0 aromatic heterocycles. The zero-order valence-electron chi connectivity index (χ0n) is 10.2. The van der Waals surface area contributed by atoms with Crippen LogP contribution in [0.5, 0.6) is 5.75 Å². The third-order valence-corrected chi connectivity index (χ3v) is 3.26. The Balaban J connectivity index is 2.10. The van der Waals surface area contributed by atoms with Crippen LogP contribution in [0.1, 0.15) is 18.9 Å². The maximum atomic E-state index is 6.03. The molecule has 1 saturated heterocycles. The number of halogens is 1. The van der Waals surface area contributed by atoms with Crippen molar-refractivity contribution >= 4 is 11.6 Å². The first-order valence-corrected chi connectivity index (χ1v) is 6.46. The fraction of sp³-hybridized carbons (Fsp3) is 0.538. The molecular formula is C13H19ClN2O. The van der Waals surface area contributed by atoms with Gasteiger partial charge in [0.1, 0.15) is 5.75 Å². The Kier molecular flexibility index (Phi) is 4.26. The average Bonchev–Trinajstić information content (AvgIpc) is 2.68. The van der Waals surface area contributed by atoms with Gasteiger partial charge in [-0.1, -0.05) is 11.6 Å². The van der Waals surface area contributed by atoms with Gasteiger partial charge in [-0.25, -0.2) is 0 Å². The summed E-state index contributed by atoms with van der Waals surface area (Å²) in [6.45, 7) is 5.54. The molecule has 17 heavy (non-hydrogen) atoms. The summed E-state index contributed by atoms with van der Waals surface area (Å²) in [5.41, 5.74) is 7.05. The van der Waals surface area contributed by atoms with Crippen molar-refractivity contribution in [2.24, 2.45) is 5.73 Å². The maximum Gasteiger partial charge on any atom is 0.123 e. The van der Waals surface area contributed by atoms with Gasteiger partial charge in [-0.3, -0.25) is 4.90 Å². The molecule has 0 saturated carbocycles. The van der Waals surface area contributed by atoms with E-state index >= 15 is 0 Å². The summed E-state index contributed by atoms with van der Waals surface area (Å²) in [5, 5.41) is 0.756. The second-order valence-electron chi connectivity index (χ2n) is 4.47. The minimum atomic E-state index is 0.310. The van der Waals surface area contributed by atoms with Crippen molar-refractivity contribution < 1.29 is 4.74 Å². The van der Waals surface area contributed by atoms with Crippen LogP contribution in [0, 0.1) is 0 Å². The number of ether oxygens (including phenoxy) is 1. The molecule has 2 rings (SSSR count). The largest absolute Gasteiger partial charge is 0.494 e. The van der Waals surface area contributed by atoms with Crippen LogP contribution < -0.4 is 10.5 Å². The maximum absolute atomic E-state index is 6.03. The predicted molar refractivity (Wildman–Crippen MR) is 70.5 cm³/mol. The summed E-state index contributed by atoms with van der Waals surface area (Å²) in [5.74, 6) is 0.928. The lowest BCUT2D eigenvalue weighted by atomic mass is 10.2. The van der Waals surface area contributed by atoms with Gasteiger partial charge in [0.25, 0.3) is 0 Å². The van der Waals surface area contributed by atoms with Gasteiger partial charge in [0.15, 0.2) is 0 Å². The molecule has 1 aromatic carbocycles. The SMILES string of the molecule is CCOc1ccc(Cl)cc1CN1CC[C@H](N)C1. The number of hydrogen-bond donors (Lipinski definition) is 1. The van der Waals surface area contributed by atoms with Gasteiger partial charge in [0.2, 0.25) is 0 Å². The van der Waals surface area contributed by atoms with Gasteiger partial charge in [-0.15, -0.1) is 0 Å². The minimum Gasteiger partial charge on any atom is -0.494 e. The molecule has 0 amide bonds. The van der Waals surface area contributed by atoms with Gasteiger partial charge >= 0.3 is 0 Å². The number of nitrogens with two attached hydrogens (primary N) is 1. The summed E-state index contributed by atoms with van der Waals surface area (Å²) in [6, 6.07) is 6.10. The molecule has 1 atom stereocenters. The highest BCUT2D eigenvalue weighted by Crippen LogP contribution is 2.25. The lowest BCUT2D eigenvalue weighted by molar-refractivity contribution is 0.302. The quantitative estimate of drug-likeness (QED) is 0.896. The molecule has 4 heteroatoms. The van der Waals surface area contributed by atoms with Crippen molar-refractivity contribution in [2.75, 3.05) is 19.7 Å². The molecule has 1 aliphatic rings. The average molecular weight is 255 g/mol. The van der Waals surface area contributed by atoms with E-state index in [2.05, 4.69) is 4.90 Å². The normalized spacial score (nSPS) is 20.8. The van der Waals surface area contributed by atoms with Gasteiger partial charge in [0.05, 0.1) is 6.61 Å². The lowest BCUT2D eigenvalue weighted by Gasteiger charge is -2.18. The zero-order valence-corrected chi connectivity index (χ0v) is 10.9. The number of rotatable bonds is 4. The van der Waals surface area contributed by atoms with Crippen molar-refractivity contribution in [1.82, 2.24) is 4.90 Å². The topological polar surface area (TPSA) is 38.5 Å². The molecule has 3 nitrogen and oxygen atoms in total. The van der Waals surface area contributed by atoms with E-state index in [-0.39, 0.29) is 0 Å². The summed E-state index contributed by atoms with van der Waals surface area (Å²) in [7, 11) is 0. The second kappa shape index (κ2) is 5.71. The monoisotopic (exact) mass is 254 g/mol. The fourth-order valence-corrected chi connectivity index (χ4v) is 2.41. The molecule has 1 heterocycles. The Morgan fingerprint density at radius 2 is 2.35 bits per heavy atom. The summed E-state index contributed by atoms with van der Waals surface area (Å²) < 4.78 is 5.61. The van der Waals surface area contributed by atoms with Crippen molar-refractivity contribution in [2.45, 2.75) is 25.9 Å². The van der Waals surface area contributed by atoms with Crippen LogP contribution in [0.3, 0.4) is 0 Å². The smallest absolute Gasteiger partial charge is 0.123 e. The summed E-state index contributed by atoms with van der Waals surface area (Å²) >= 11 is 6.03. The number of benzene rings is 1. The predicted octanol–water partition coefficient (Wildman–Crippen LogP) is 2.27. The second-order valence-corrected chi connectivity index (χ2v) is 4.91. The van der Waals surface area contributed by atoms with E-state index in [0.29, 0.717) is 12.6 Å². The van der Waals surface area contributed by atoms with Crippen LogP contribution in [-0.2, 0) is 6.54 Å². The van der Waals surface area contributed by atoms with Gasteiger partial charge in [0, 0.05) is 36.3 Å². The fourth-order valence-electron chi connectivity index (χ4n) is 2.22. The Morgan fingerprint density at radius 1 is 1.53 bits per heavy atom. The Bertz CT molecular complexity index is 384. The van der Waals surface area contributed by atoms with Crippen LogP contribution in [0.2, 0.25) is 5.02 Å². The van der Waals surface area contributed by atoms with E-state index in [4.69, 9.17) is 22.1 Å². The Morgan fingerprint density at radius 3 is 3.00 bits per heavy atom. The molecule has 0 spiro atoms. The van der Waals surface area contributed by atoms with E-state index in [1.165, 1.54) is 0 Å². The lowest BCUT2D eigenvalue weighted by Crippen LogP contribution is -2.26. The molecular weight excluding hydrogens is 236 g/mol. The van der Waals surface area contributed by atoms with Crippen LogP contribution in [-0.4, -0.2) is 30.6 Å². The molecule has 0 radical (unpaired) electrons. The summed E-state index contributed by atoms with van der Waals surface area (Å²) in [6.07, 6.45) is 1.07. The molecule has 0 aliphatic carbocycles. The molecule has 0 bridgehead atoms. The number of likely N-dealkylation sites (tertiary alicyclic amines) is 1. The van der Waals surface area contributed by atoms with E-state index in [1.807, 2.05) is 25.1 Å². The Labute approximate surface area is 107 Å². The molecule has 1 aliphatic heterocycles. The van der Waals surface area contributed by atoms with Crippen LogP contribution in [0.15, 0.2) is 18.2 Å². The molecule has 0 unspecified atom stereocenters. The van der Waals surface area contributed by atoms with Crippen LogP contribution in [0.4, 0.5) is 0 Å². The highest BCUT2D eigenvalue weighted by Gasteiger charge is 2.20. The van der Waals surface area contributed by atoms with E-state index in [9.17, 15) is 0 Å². The third kappa shape index (κ3) is 3.35. The molecule has 94 valence electrons. The number of nitrogens with zero attached hydrogens (tertiary/aromatic N) is 1. The van der Waals surface area contributed by atoms with Gasteiger partial charge in [-0.2, -0.15) is 0 Å². The van der Waals surface area contributed by atoms with Crippen LogP contribution in [0.25, 0.3) is 0 Å². The minimum absolute atomic E-state index is 0.310. The standard InChI is InChI=1S/C13H19ClN2O/c1-2-17-13-4-3-11(14)7-10(13)8-16-6-5-12(15)9-16/h3-4,7,12H,2,5-6,8-9,15H2,1H3/t12-/m0/s1. The molecule has 1 aromatic rings. The zero-order chi connectivity index (χ0) is 12.3. The Hall–Kier alpha value is -0.770. The van der Waals surface area contributed by atoms with E-state index < -0.39 is 0 Å². The van der Waals surface area contributed by atoms with Gasteiger partial charge in [-0.05, 0) is 31.5 Å². The third-order valence-electron chi connectivity index (χ3n) is 3.03. The highest BCUT2D eigenvalue weighted by molar-refractivity contribution is 6.30. The van der Waals surface area contributed by atoms with Crippen molar-refractivity contribution in [1.29, 1.82) is 0 Å². The number of hydrogen-bond acceptors (Lipinski definition) is 3. The molecule has 2 N–H and O–H groups in total. The van der Waals surface area contributed by atoms with Crippen LogP contribution >= 0.6 is 11.6 Å². The van der Waals surface area contributed by atoms with E-state index in [0.717, 1.165) is 42.4 Å². The first-order valence-electron chi connectivity index (χ1n) is 6.08. The highest BCUT2D eigenvalue weighted by atomic mass is 35.5. The van der Waals surface area contributed by atoms with Crippen molar-refractivity contribution in [3.8, 4) is 5.75 Å².